The Morgan fingerprint density at radius 1 is 1.40 bits per heavy atom. The zero-order chi connectivity index (χ0) is 14.8. The van der Waals surface area contributed by atoms with Crippen LogP contribution in [0.3, 0.4) is 0 Å². The first kappa shape index (κ1) is 14.1. The van der Waals surface area contributed by atoms with E-state index in [4.69, 9.17) is 0 Å². The second-order valence-electron chi connectivity index (χ2n) is 7.12. The van der Waals surface area contributed by atoms with Crippen LogP contribution in [0.1, 0.15) is 45.9 Å². The summed E-state index contributed by atoms with van der Waals surface area (Å²) in [5, 5.41) is 0.166. The largest absolute Gasteiger partial charge is 0.332 e. The first-order valence-corrected chi connectivity index (χ1v) is 8.69. The van der Waals surface area contributed by atoms with Gasteiger partial charge in [0.05, 0.1) is 6.20 Å². The van der Waals surface area contributed by atoms with Crippen LogP contribution < -0.4 is 4.72 Å². The number of sulfonamides is 1. The maximum Gasteiger partial charge on any atom is 0.257 e. The van der Waals surface area contributed by atoms with Gasteiger partial charge in [-0.1, -0.05) is 20.8 Å². The molecular weight excluding hydrogens is 274 g/mol. The fraction of sp³-hybridized carbons (Fsp3) is 0.786. The zero-order valence-electron chi connectivity index (χ0n) is 12.5. The average molecular weight is 297 g/mol. The molecule has 1 heterocycles. The van der Waals surface area contributed by atoms with Gasteiger partial charge >= 0.3 is 0 Å². The van der Waals surface area contributed by atoms with Crippen molar-refractivity contribution in [2.45, 2.75) is 58.0 Å². The number of imidazole rings is 1. The third kappa shape index (κ3) is 1.77. The highest BCUT2D eigenvalue weighted by molar-refractivity contribution is 7.89. The van der Waals surface area contributed by atoms with Crippen LogP contribution in [-0.2, 0) is 10.0 Å². The molecule has 112 valence electrons. The Labute approximate surface area is 120 Å². The van der Waals surface area contributed by atoms with Crippen LogP contribution in [0, 0.1) is 23.7 Å². The van der Waals surface area contributed by atoms with E-state index in [-0.39, 0.29) is 21.9 Å². The number of fused-ring (bicyclic) bond motifs is 2. The van der Waals surface area contributed by atoms with Gasteiger partial charge in [-0.2, -0.15) is 0 Å². The van der Waals surface area contributed by atoms with Crippen LogP contribution in [0.2, 0.25) is 0 Å². The van der Waals surface area contributed by atoms with Crippen molar-refractivity contribution < 1.29 is 8.42 Å². The fourth-order valence-corrected chi connectivity index (χ4v) is 5.50. The molecule has 3 unspecified atom stereocenters. The summed E-state index contributed by atoms with van der Waals surface area (Å²) in [6, 6.07) is 0.0184. The van der Waals surface area contributed by atoms with E-state index >= 15 is 0 Å². The van der Waals surface area contributed by atoms with Gasteiger partial charge in [-0.25, -0.2) is 18.1 Å². The number of aromatic amines is 1. The van der Waals surface area contributed by atoms with Crippen LogP contribution in [-0.4, -0.2) is 24.4 Å². The van der Waals surface area contributed by atoms with Gasteiger partial charge in [0.1, 0.15) is 5.82 Å². The van der Waals surface area contributed by atoms with E-state index in [0.717, 1.165) is 12.8 Å². The maximum absolute atomic E-state index is 12.4. The van der Waals surface area contributed by atoms with Gasteiger partial charge in [0.2, 0.25) is 0 Å². The van der Waals surface area contributed by atoms with Crippen LogP contribution in [0.25, 0.3) is 0 Å². The first-order chi connectivity index (χ1) is 9.17. The van der Waals surface area contributed by atoms with E-state index in [0.29, 0.717) is 11.7 Å². The first-order valence-electron chi connectivity index (χ1n) is 7.21. The summed E-state index contributed by atoms with van der Waals surface area (Å²) >= 11 is 0. The SMILES string of the molecule is Cc1ncc(S(=O)(=O)NC2CC3CCC2(C)C3(C)C)[nH]1. The lowest BCUT2D eigenvalue weighted by molar-refractivity contribution is 0.130. The quantitative estimate of drug-likeness (QED) is 0.898. The number of aryl methyl sites for hydroxylation is 1. The van der Waals surface area contributed by atoms with Crippen molar-refractivity contribution in [2.24, 2.45) is 16.7 Å². The van der Waals surface area contributed by atoms with E-state index in [9.17, 15) is 8.42 Å². The highest BCUT2D eigenvalue weighted by atomic mass is 32.2. The van der Waals surface area contributed by atoms with Gasteiger partial charge in [0.25, 0.3) is 10.0 Å². The summed E-state index contributed by atoms with van der Waals surface area (Å²) in [6.45, 7) is 8.53. The number of rotatable bonds is 3. The standard InChI is InChI=1S/C14H23N3O2S/c1-9-15-8-12(16-9)20(18,19)17-11-7-10-5-6-14(11,4)13(10,2)3/h8,10-11,17H,5-7H2,1-4H3,(H,15,16). The molecule has 2 bridgehead atoms. The van der Waals surface area contributed by atoms with Gasteiger partial charge in [0, 0.05) is 6.04 Å². The van der Waals surface area contributed by atoms with Crippen LogP contribution in [0.4, 0.5) is 0 Å². The summed E-state index contributed by atoms with van der Waals surface area (Å²) in [5.41, 5.74) is 0.240. The van der Waals surface area contributed by atoms with Crippen molar-refractivity contribution in [3.63, 3.8) is 0 Å². The molecule has 20 heavy (non-hydrogen) atoms. The molecule has 2 aliphatic carbocycles. The third-order valence-electron chi connectivity index (χ3n) is 6.06. The predicted octanol–water partition coefficient (Wildman–Crippen LogP) is 2.21. The third-order valence-corrected chi connectivity index (χ3v) is 7.44. The minimum Gasteiger partial charge on any atom is -0.332 e. The molecular formula is C14H23N3O2S. The molecule has 0 saturated heterocycles. The lowest BCUT2D eigenvalue weighted by Gasteiger charge is -2.39. The predicted molar refractivity (Wildman–Crippen MR) is 76.7 cm³/mol. The lowest BCUT2D eigenvalue weighted by Crippen LogP contribution is -2.46. The minimum atomic E-state index is -3.50. The molecule has 0 radical (unpaired) electrons. The topological polar surface area (TPSA) is 74.8 Å². The number of hydrogen-bond donors (Lipinski definition) is 2. The molecule has 3 rings (SSSR count). The second kappa shape index (κ2) is 4.07. The van der Waals surface area contributed by atoms with Crippen molar-refractivity contribution in [1.29, 1.82) is 0 Å². The normalized spacial score (nSPS) is 35.6. The molecule has 2 N–H and O–H groups in total. The molecule has 0 aliphatic heterocycles. The van der Waals surface area contributed by atoms with Crippen LogP contribution in [0.5, 0.6) is 0 Å². The van der Waals surface area contributed by atoms with Gasteiger partial charge in [0.15, 0.2) is 5.03 Å². The minimum absolute atomic E-state index is 0.0184. The molecule has 2 saturated carbocycles. The van der Waals surface area contributed by atoms with Gasteiger partial charge in [-0.05, 0) is 42.9 Å². The van der Waals surface area contributed by atoms with E-state index in [1.54, 1.807) is 6.92 Å². The Balaban J connectivity index is 1.87. The molecule has 0 amide bonds. The number of aromatic nitrogens is 2. The Hall–Kier alpha value is -0.880. The van der Waals surface area contributed by atoms with Crippen molar-refractivity contribution in [3.8, 4) is 0 Å². The molecule has 5 nitrogen and oxygen atoms in total. The summed E-state index contributed by atoms with van der Waals surface area (Å²) in [6.07, 6.45) is 4.64. The second-order valence-corrected chi connectivity index (χ2v) is 8.80. The van der Waals surface area contributed by atoms with E-state index in [1.807, 2.05) is 0 Å². The zero-order valence-corrected chi connectivity index (χ0v) is 13.3. The summed E-state index contributed by atoms with van der Waals surface area (Å²) in [4.78, 5) is 6.78. The highest BCUT2D eigenvalue weighted by Crippen LogP contribution is 2.65. The summed E-state index contributed by atoms with van der Waals surface area (Å²) in [5.74, 6) is 1.23. The molecule has 2 aliphatic rings. The number of nitrogens with one attached hydrogen (secondary N) is 2. The van der Waals surface area contributed by atoms with Gasteiger partial charge in [-0.3, -0.25) is 0 Å². The van der Waals surface area contributed by atoms with Crippen molar-refractivity contribution in [1.82, 2.24) is 14.7 Å². The van der Waals surface area contributed by atoms with E-state index in [2.05, 4.69) is 35.5 Å². The van der Waals surface area contributed by atoms with Crippen molar-refractivity contribution in [3.05, 3.63) is 12.0 Å². The van der Waals surface area contributed by atoms with Crippen LogP contribution in [0.15, 0.2) is 11.2 Å². The molecule has 6 heteroatoms. The molecule has 1 aromatic heterocycles. The summed E-state index contributed by atoms with van der Waals surface area (Å²) < 4.78 is 27.8. The maximum atomic E-state index is 12.4. The Bertz CT molecular complexity index is 635. The van der Waals surface area contributed by atoms with Crippen LogP contribution >= 0.6 is 0 Å². The molecule has 0 spiro atoms. The van der Waals surface area contributed by atoms with Crippen molar-refractivity contribution >= 4 is 10.0 Å². The smallest absolute Gasteiger partial charge is 0.257 e. The Morgan fingerprint density at radius 3 is 2.55 bits per heavy atom. The molecule has 3 atom stereocenters. The monoisotopic (exact) mass is 297 g/mol. The highest BCUT2D eigenvalue weighted by Gasteiger charge is 2.61. The fourth-order valence-electron chi connectivity index (χ4n) is 4.17. The van der Waals surface area contributed by atoms with E-state index in [1.165, 1.54) is 12.6 Å². The molecule has 0 aromatic carbocycles. The molecule has 1 aromatic rings. The van der Waals surface area contributed by atoms with Gasteiger partial charge < -0.3 is 4.98 Å². The lowest BCUT2D eigenvalue weighted by atomic mass is 9.69. The molecule has 2 fully saturated rings. The van der Waals surface area contributed by atoms with Gasteiger partial charge in [-0.15, -0.1) is 0 Å². The van der Waals surface area contributed by atoms with E-state index < -0.39 is 10.0 Å². The number of H-pyrrole nitrogens is 1. The Morgan fingerprint density at radius 2 is 2.10 bits per heavy atom. The summed E-state index contributed by atoms with van der Waals surface area (Å²) in [7, 11) is -3.50. The van der Waals surface area contributed by atoms with Crippen molar-refractivity contribution in [2.75, 3.05) is 0 Å². The number of nitrogens with zero attached hydrogens (tertiary/aromatic N) is 1. The Kier molecular flexibility index (Phi) is 2.86. The average Bonchev–Trinajstić information content (AvgIpc) is 2.91. The number of hydrogen-bond acceptors (Lipinski definition) is 3.